The van der Waals surface area contributed by atoms with Crippen molar-refractivity contribution in [1.82, 2.24) is 15.0 Å². The van der Waals surface area contributed by atoms with Crippen LogP contribution in [0.15, 0.2) is 30.3 Å². The Kier molecular flexibility index (Phi) is 4.70. The Morgan fingerprint density at radius 2 is 2.03 bits per heavy atom. The molecule has 2 unspecified atom stereocenters. The van der Waals surface area contributed by atoms with E-state index in [9.17, 15) is 5.11 Å². The molecule has 0 radical (unpaired) electrons. The molecular weight excluding hydrogens is 394 g/mol. The van der Waals surface area contributed by atoms with Crippen LogP contribution in [0.25, 0.3) is 22.4 Å². The lowest BCUT2D eigenvalue weighted by atomic mass is 9.75. The van der Waals surface area contributed by atoms with Crippen molar-refractivity contribution in [1.29, 1.82) is 0 Å². The molecule has 2 atom stereocenters. The van der Waals surface area contributed by atoms with E-state index in [1.807, 2.05) is 24.3 Å². The Balaban J connectivity index is 1.39. The summed E-state index contributed by atoms with van der Waals surface area (Å²) in [5, 5.41) is 20.2. The van der Waals surface area contributed by atoms with Crippen LogP contribution in [0.4, 0.5) is 0 Å². The van der Waals surface area contributed by atoms with Gasteiger partial charge in [-0.1, -0.05) is 35.9 Å². The highest BCUT2D eigenvalue weighted by Crippen LogP contribution is 2.41. The fourth-order valence-corrected chi connectivity index (χ4v) is 4.19. The molecule has 5 rings (SSSR count). The second-order valence-electron chi connectivity index (χ2n) is 7.81. The summed E-state index contributed by atoms with van der Waals surface area (Å²) < 4.78 is 11.3. The minimum absolute atomic E-state index is 0.0172. The standard InChI is InChI=1S/C21H22ClN3O4/c22-16-9-17-19(25-20(23-17)29-15-8-14(10-26)28-11-15)24-18(16)12-2-4-13(5-3-12)21(27)6-1-7-21/h2-5,9,14-15,26-27H,1,6-8,10-11H2,(H,23,24,25). The average Bonchev–Trinajstić information content (AvgIpc) is 3.31. The number of pyridine rings is 1. The fourth-order valence-electron chi connectivity index (χ4n) is 3.93. The minimum Gasteiger partial charge on any atom is -0.459 e. The van der Waals surface area contributed by atoms with Crippen molar-refractivity contribution in [3.05, 3.63) is 40.9 Å². The van der Waals surface area contributed by atoms with E-state index in [1.165, 1.54) is 0 Å². The molecule has 152 valence electrons. The molecule has 2 aromatic heterocycles. The highest BCUT2D eigenvalue weighted by Gasteiger charge is 2.36. The number of nitrogens with one attached hydrogen (secondary N) is 1. The van der Waals surface area contributed by atoms with Gasteiger partial charge in [0.25, 0.3) is 6.01 Å². The molecule has 7 nitrogen and oxygen atoms in total. The molecule has 1 aliphatic heterocycles. The second-order valence-corrected chi connectivity index (χ2v) is 8.22. The van der Waals surface area contributed by atoms with E-state index >= 15 is 0 Å². The number of fused-ring (bicyclic) bond motifs is 1. The molecule has 0 amide bonds. The first-order valence-electron chi connectivity index (χ1n) is 9.83. The number of hydrogen-bond donors (Lipinski definition) is 3. The average molecular weight is 416 g/mol. The predicted molar refractivity (Wildman–Crippen MR) is 108 cm³/mol. The van der Waals surface area contributed by atoms with Crippen LogP contribution in [0.1, 0.15) is 31.2 Å². The Bertz CT molecular complexity index is 1030. The summed E-state index contributed by atoms with van der Waals surface area (Å²) in [5.41, 5.74) is 2.94. The van der Waals surface area contributed by atoms with Gasteiger partial charge in [0.05, 0.1) is 41.2 Å². The van der Waals surface area contributed by atoms with Crippen LogP contribution in [-0.2, 0) is 10.3 Å². The number of aliphatic hydroxyl groups is 2. The Morgan fingerprint density at radius 3 is 2.69 bits per heavy atom. The number of halogens is 1. The molecule has 2 fully saturated rings. The number of nitrogens with zero attached hydrogens (tertiary/aromatic N) is 2. The lowest BCUT2D eigenvalue weighted by Gasteiger charge is -2.37. The Hall–Kier alpha value is -2.19. The first-order chi connectivity index (χ1) is 14.0. The van der Waals surface area contributed by atoms with Gasteiger partial charge < -0.3 is 24.7 Å². The summed E-state index contributed by atoms with van der Waals surface area (Å²) in [6.07, 6.45) is 2.93. The number of benzene rings is 1. The third-order valence-corrected chi connectivity index (χ3v) is 6.09. The molecule has 1 aromatic carbocycles. The minimum atomic E-state index is -0.687. The van der Waals surface area contributed by atoms with Crippen molar-refractivity contribution in [2.45, 2.75) is 43.5 Å². The van der Waals surface area contributed by atoms with Crippen molar-refractivity contribution in [3.8, 4) is 17.3 Å². The van der Waals surface area contributed by atoms with Gasteiger partial charge in [0.1, 0.15) is 6.10 Å². The predicted octanol–water partition coefficient (Wildman–Crippen LogP) is 3.18. The maximum atomic E-state index is 10.5. The lowest BCUT2D eigenvalue weighted by molar-refractivity contribution is -0.0387. The van der Waals surface area contributed by atoms with Gasteiger partial charge in [0.2, 0.25) is 0 Å². The second kappa shape index (κ2) is 7.25. The molecule has 0 bridgehead atoms. The zero-order valence-corrected chi connectivity index (χ0v) is 16.5. The third kappa shape index (κ3) is 3.48. The van der Waals surface area contributed by atoms with Gasteiger partial charge in [0.15, 0.2) is 5.65 Å². The summed E-state index contributed by atoms with van der Waals surface area (Å²) in [7, 11) is 0. The highest BCUT2D eigenvalue weighted by molar-refractivity contribution is 6.33. The van der Waals surface area contributed by atoms with E-state index in [4.69, 9.17) is 26.2 Å². The zero-order chi connectivity index (χ0) is 20.0. The van der Waals surface area contributed by atoms with Crippen LogP contribution in [-0.4, -0.2) is 50.6 Å². The number of H-pyrrole nitrogens is 1. The van der Waals surface area contributed by atoms with Crippen molar-refractivity contribution < 1.29 is 19.7 Å². The van der Waals surface area contributed by atoms with Gasteiger partial charge in [-0.05, 0) is 30.9 Å². The summed E-state index contributed by atoms with van der Waals surface area (Å²) in [6.45, 7) is 0.400. The summed E-state index contributed by atoms with van der Waals surface area (Å²) in [4.78, 5) is 12.1. The molecule has 8 heteroatoms. The molecule has 2 aliphatic rings. The molecular formula is C21H22ClN3O4. The molecule has 3 aromatic rings. The van der Waals surface area contributed by atoms with Gasteiger partial charge in [0, 0.05) is 12.0 Å². The summed E-state index contributed by atoms with van der Waals surface area (Å²) in [5.74, 6) is 0. The maximum Gasteiger partial charge on any atom is 0.296 e. The Labute approximate surface area is 172 Å². The van der Waals surface area contributed by atoms with Crippen LogP contribution < -0.4 is 4.74 Å². The number of imidazole rings is 1. The number of aromatic amines is 1. The largest absolute Gasteiger partial charge is 0.459 e. The highest BCUT2D eigenvalue weighted by atomic mass is 35.5. The van der Waals surface area contributed by atoms with Crippen LogP contribution in [0.5, 0.6) is 6.01 Å². The third-order valence-electron chi connectivity index (χ3n) is 5.81. The molecule has 3 N–H and O–H groups in total. The number of aliphatic hydroxyl groups excluding tert-OH is 1. The first-order valence-corrected chi connectivity index (χ1v) is 10.2. The topological polar surface area (TPSA) is 100 Å². The van der Waals surface area contributed by atoms with Crippen molar-refractivity contribution in [2.24, 2.45) is 0 Å². The van der Waals surface area contributed by atoms with E-state index in [-0.39, 0.29) is 18.8 Å². The van der Waals surface area contributed by atoms with Gasteiger partial charge in [-0.2, -0.15) is 4.98 Å². The smallest absolute Gasteiger partial charge is 0.296 e. The SMILES string of the molecule is OCC1CC(Oc2nc3nc(-c4ccc(C5(O)CCC5)cc4)c(Cl)cc3[nH]2)CO1. The quantitative estimate of drug-likeness (QED) is 0.591. The summed E-state index contributed by atoms with van der Waals surface area (Å²) >= 11 is 6.48. The summed E-state index contributed by atoms with van der Waals surface area (Å²) in [6, 6.07) is 9.88. The first kappa shape index (κ1) is 18.8. The normalized spacial score (nSPS) is 23.3. The number of hydrogen-bond acceptors (Lipinski definition) is 6. The maximum absolute atomic E-state index is 10.5. The Morgan fingerprint density at radius 1 is 1.24 bits per heavy atom. The molecule has 1 saturated heterocycles. The zero-order valence-electron chi connectivity index (χ0n) is 15.8. The lowest BCUT2D eigenvalue weighted by Crippen LogP contribution is -2.33. The van der Waals surface area contributed by atoms with Crippen molar-refractivity contribution in [3.63, 3.8) is 0 Å². The monoisotopic (exact) mass is 415 g/mol. The molecule has 29 heavy (non-hydrogen) atoms. The van der Waals surface area contributed by atoms with Gasteiger partial charge in [-0.3, -0.25) is 0 Å². The molecule has 0 spiro atoms. The van der Waals surface area contributed by atoms with Gasteiger partial charge in [-0.15, -0.1) is 0 Å². The van der Waals surface area contributed by atoms with Crippen LogP contribution in [0.3, 0.4) is 0 Å². The van der Waals surface area contributed by atoms with Crippen LogP contribution >= 0.6 is 11.6 Å². The van der Waals surface area contributed by atoms with Crippen molar-refractivity contribution in [2.75, 3.05) is 13.2 Å². The van der Waals surface area contributed by atoms with Gasteiger partial charge >= 0.3 is 0 Å². The molecule has 1 aliphatic carbocycles. The number of ether oxygens (including phenoxy) is 2. The van der Waals surface area contributed by atoms with E-state index in [1.54, 1.807) is 6.07 Å². The number of aromatic nitrogens is 3. The number of rotatable bonds is 5. The fraction of sp³-hybridized carbons (Fsp3) is 0.429. The van der Waals surface area contributed by atoms with Crippen LogP contribution in [0.2, 0.25) is 5.02 Å². The van der Waals surface area contributed by atoms with E-state index < -0.39 is 5.60 Å². The molecule has 3 heterocycles. The van der Waals surface area contributed by atoms with Gasteiger partial charge in [-0.25, -0.2) is 4.98 Å². The van der Waals surface area contributed by atoms with Crippen molar-refractivity contribution >= 4 is 22.8 Å². The van der Waals surface area contributed by atoms with E-state index in [2.05, 4.69) is 15.0 Å². The van der Waals surface area contributed by atoms with E-state index in [0.29, 0.717) is 40.9 Å². The molecule has 1 saturated carbocycles. The van der Waals surface area contributed by atoms with Crippen LogP contribution in [0, 0.1) is 0 Å². The van der Waals surface area contributed by atoms with E-state index in [0.717, 1.165) is 30.4 Å².